The van der Waals surface area contributed by atoms with Crippen molar-refractivity contribution in [1.29, 1.82) is 0 Å². The standard InChI is InChI=1S/C19H15Cl3N4O2/c1-12(13-2-4-14(5-3-13)26-7-6-23-11-26)24-25-19(27)10-28-18-9-16(21)15(20)8-17(18)22/h2-9,11H,10H2,1H3,(H,25,27). The summed E-state index contributed by atoms with van der Waals surface area (Å²) in [5.74, 6) is -0.168. The fourth-order valence-electron chi connectivity index (χ4n) is 2.29. The molecule has 0 saturated heterocycles. The summed E-state index contributed by atoms with van der Waals surface area (Å²) in [6, 6.07) is 10.6. The maximum atomic E-state index is 12.0. The zero-order chi connectivity index (χ0) is 20.1. The zero-order valence-corrected chi connectivity index (χ0v) is 17.0. The zero-order valence-electron chi connectivity index (χ0n) is 14.7. The average molecular weight is 438 g/mol. The lowest BCUT2D eigenvalue weighted by Crippen LogP contribution is -2.25. The molecule has 0 aliphatic heterocycles. The van der Waals surface area contributed by atoms with E-state index in [-0.39, 0.29) is 22.4 Å². The number of aromatic nitrogens is 2. The van der Waals surface area contributed by atoms with Gasteiger partial charge in [0.1, 0.15) is 5.75 Å². The molecule has 144 valence electrons. The third kappa shape index (κ3) is 5.04. The second kappa shape index (κ2) is 9.10. The van der Waals surface area contributed by atoms with Crippen LogP contribution in [0.1, 0.15) is 12.5 Å². The van der Waals surface area contributed by atoms with E-state index in [1.54, 1.807) is 19.4 Å². The molecule has 0 aliphatic rings. The Hall–Kier alpha value is -2.54. The predicted octanol–water partition coefficient (Wildman–Crippen LogP) is 4.75. The van der Waals surface area contributed by atoms with Crippen LogP contribution in [0.5, 0.6) is 5.75 Å². The first kappa shape index (κ1) is 20.2. The van der Waals surface area contributed by atoms with Crippen molar-refractivity contribution in [2.75, 3.05) is 6.61 Å². The number of halogens is 3. The number of carbonyl (C=O) groups excluding carboxylic acids is 1. The van der Waals surface area contributed by atoms with Crippen LogP contribution in [0.4, 0.5) is 0 Å². The molecule has 0 spiro atoms. The lowest BCUT2D eigenvalue weighted by molar-refractivity contribution is -0.123. The van der Waals surface area contributed by atoms with Gasteiger partial charge in [0.25, 0.3) is 5.91 Å². The lowest BCUT2D eigenvalue weighted by atomic mass is 10.1. The summed E-state index contributed by atoms with van der Waals surface area (Å²) in [5.41, 5.74) is 4.95. The van der Waals surface area contributed by atoms with Gasteiger partial charge < -0.3 is 9.30 Å². The minimum Gasteiger partial charge on any atom is -0.482 e. The molecule has 0 radical (unpaired) electrons. The molecule has 1 heterocycles. The molecular weight excluding hydrogens is 423 g/mol. The summed E-state index contributed by atoms with van der Waals surface area (Å²) in [6.07, 6.45) is 5.29. The number of hydrogen-bond acceptors (Lipinski definition) is 4. The molecule has 0 fully saturated rings. The molecule has 0 atom stereocenters. The highest BCUT2D eigenvalue weighted by atomic mass is 35.5. The smallest absolute Gasteiger partial charge is 0.277 e. The molecule has 3 rings (SSSR count). The molecule has 0 bridgehead atoms. The van der Waals surface area contributed by atoms with Gasteiger partial charge in [0.15, 0.2) is 6.61 Å². The third-order valence-corrected chi connectivity index (χ3v) is 4.79. The van der Waals surface area contributed by atoms with Crippen LogP contribution in [-0.2, 0) is 4.79 Å². The Morgan fingerprint density at radius 3 is 2.54 bits per heavy atom. The number of nitrogens with one attached hydrogen (secondary N) is 1. The summed E-state index contributed by atoms with van der Waals surface area (Å²) in [7, 11) is 0. The second-order valence-electron chi connectivity index (χ2n) is 5.73. The Kier molecular flexibility index (Phi) is 6.57. The predicted molar refractivity (Wildman–Crippen MR) is 111 cm³/mol. The Morgan fingerprint density at radius 2 is 1.86 bits per heavy atom. The van der Waals surface area contributed by atoms with E-state index in [1.807, 2.05) is 35.0 Å². The molecule has 2 aromatic carbocycles. The summed E-state index contributed by atoms with van der Waals surface area (Å²) < 4.78 is 7.26. The van der Waals surface area contributed by atoms with Gasteiger partial charge in [0, 0.05) is 24.1 Å². The van der Waals surface area contributed by atoms with Crippen molar-refractivity contribution in [1.82, 2.24) is 15.0 Å². The Labute approximate surface area is 176 Å². The van der Waals surface area contributed by atoms with Crippen LogP contribution in [0.2, 0.25) is 15.1 Å². The summed E-state index contributed by atoms with van der Waals surface area (Å²) >= 11 is 17.8. The Morgan fingerprint density at radius 1 is 1.14 bits per heavy atom. The van der Waals surface area contributed by atoms with Crippen LogP contribution in [0.3, 0.4) is 0 Å². The molecule has 9 heteroatoms. The van der Waals surface area contributed by atoms with E-state index in [1.165, 1.54) is 12.1 Å². The van der Waals surface area contributed by atoms with Gasteiger partial charge in [-0.25, -0.2) is 10.4 Å². The summed E-state index contributed by atoms with van der Waals surface area (Å²) in [4.78, 5) is 16.0. The van der Waals surface area contributed by atoms with E-state index >= 15 is 0 Å². The van der Waals surface area contributed by atoms with Gasteiger partial charge in [0.2, 0.25) is 0 Å². The number of ether oxygens (including phenoxy) is 1. The molecule has 1 amide bonds. The number of hydrogen-bond donors (Lipinski definition) is 1. The van der Waals surface area contributed by atoms with Gasteiger partial charge in [-0.05, 0) is 30.7 Å². The van der Waals surface area contributed by atoms with E-state index in [0.29, 0.717) is 10.7 Å². The quantitative estimate of drug-likeness (QED) is 0.344. The number of hydrazone groups is 1. The average Bonchev–Trinajstić information content (AvgIpc) is 3.23. The molecule has 0 unspecified atom stereocenters. The van der Waals surface area contributed by atoms with Gasteiger partial charge in [-0.15, -0.1) is 0 Å². The van der Waals surface area contributed by atoms with Gasteiger partial charge in [-0.2, -0.15) is 5.10 Å². The largest absolute Gasteiger partial charge is 0.482 e. The molecule has 1 N–H and O–H groups in total. The summed E-state index contributed by atoms with van der Waals surface area (Å²) in [5, 5.41) is 4.95. The van der Waals surface area contributed by atoms with Crippen molar-refractivity contribution in [3.05, 3.63) is 75.8 Å². The first-order chi connectivity index (χ1) is 13.4. The van der Waals surface area contributed by atoms with Crippen molar-refractivity contribution in [2.24, 2.45) is 5.10 Å². The van der Waals surface area contributed by atoms with Gasteiger partial charge in [0.05, 0.1) is 27.1 Å². The van der Waals surface area contributed by atoms with E-state index in [9.17, 15) is 4.79 Å². The number of nitrogens with zero attached hydrogens (tertiary/aromatic N) is 3. The van der Waals surface area contributed by atoms with Crippen LogP contribution in [0.25, 0.3) is 5.69 Å². The van der Waals surface area contributed by atoms with Crippen LogP contribution in [0.15, 0.2) is 60.2 Å². The molecular formula is C19H15Cl3N4O2. The lowest BCUT2D eigenvalue weighted by Gasteiger charge is -2.09. The maximum Gasteiger partial charge on any atom is 0.277 e. The second-order valence-corrected chi connectivity index (χ2v) is 6.96. The molecule has 0 aliphatic carbocycles. The van der Waals surface area contributed by atoms with E-state index in [2.05, 4.69) is 15.5 Å². The number of carbonyl (C=O) groups is 1. The monoisotopic (exact) mass is 436 g/mol. The summed E-state index contributed by atoms with van der Waals surface area (Å²) in [6.45, 7) is 1.53. The van der Waals surface area contributed by atoms with Crippen LogP contribution < -0.4 is 10.2 Å². The molecule has 28 heavy (non-hydrogen) atoms. The van der Waals surface area contributed by atoms with E-state index < -0.39 is 5.91 Å². The topological polar surface area (TPSA) is 68.5 Å². The highest BCUT2D eigenvalue weighted by Gasteiger charge is 2.09. The van der Waals surface area contributed by atoms with Crippen LogP contribution in [0, 0.1) is 0 Å². The fraction of sp³-hybridized carbons (Fsp3) is 0.105. The van der Waals surface area contributed by atoms with Crippen molar-refractivity contribution < 1.29 is 9.53 Å². The maximum absolute atomic E-state index is 12.0. The van der Waals surface area contributed by atoms with Crippen molar-refractivity contribution in [3.8, 4) is 11.4 Å². The van der Waals surface area contributed by atoms with Crippen LogP contribution in [-0.4, -0.2) is 27.8 Å². The van der Waals surface area contributed by atoms with Crippen molar-refractivity contribution in [2.45, 2.75) is 6.92 Å². The molecule has 1 aromatic heterocycles. The molecule has 0 saturated carbocycles. The minimum absolute atomic E-state index is 0.264. The highest BCUT2D eigenvalue weighted by Crippen LogP contribution is 2.33. The van der Waals surface area contributed by atoms with Gasteiger partial charge >= 0.3 is 0 Å². The Bertz CT molecular complexity index is 1000. The SMILES string of the molecule is CC(=NNC(=O)COc1cc(Cl)c(Cl)cc1Cl)c1ccc(-n2ccnc2)cc1. The first-order valence-electron chi connectivity index (χ1n) is 8.13. The van der Waals surface area contributed by atoms with Gasteiger partial charge in [-0.1, -0.05) is 46.9 Å². The molecule has 6 nitrogen and oxygen atoms in total. The van der Waals surface area contributed by atoms with E-state index in [4.69, 9.17) is 39.5 Å². The van der Waals surface area contributed by atoms with Gasteiger partial charge in [-0.3, -0.25) is 4.79 Å². The third-order valence-electron chi connectivity index (χ3n) is 3.77. The fourth-order valence-corrected chi connectivity index (χ4v) is 2.88. The number of amides is 1. The number of benzene rings is 2. The number of rotatable bonds is 6. The Balaban J connectivity index is 1.57. The normalized spacial score (nSPS) is 11.4. The minimum atomic E-state index is -0.434. The molecule has 3 aromatic rings. The van der Waals surface area contributed by atoms with Crippen molar-refractivity contribution >= 4 is 46.4 Å². The first-order valence-corrected chi connectivity index (χ1v) is 9.26. The highest BCUT2D eigenvalue weighted by molar-refractivity contribution is 6.43. The number of imidazole rings is 1. The van der Waals surface area contributed by atoms with Crippen molar-refractivity contribution in [3.63, 3.8) is 0 Å². The van der Waals surface area contributed by atoms with E-state index in [0.717, 1.165) is 11.3 Å². The van der Waals surface area contributed by atoms with Crippen LogP contribution >= 0.6 is 34.8 Å².